The molecule has 0 radical (unpaired) electrons. The van der Waals surface area contributed by atoms with Gasteiger partial charge in [0.15, 0.2) is 0 Å². The predicted molar refractivity (Wildman–Crippen MR) is 82.5 cm³/mol. The summed E-state index contributed by atoms with van der Waals surface area (Å²) in [5.41, 5.74) is 5.32. The molecule has 2 aromatic rings. The van der Waals surface area contributed by atoms with E-state index in [0.717, 1.165) is 13.0 Å². The van der Waals surface area contributed by atoms with Crippen LogP contribution < -0.4 is 5.32 Å². The maximum Gasteiger partial charge on any atom is 0.0576 e. The van der Waals surface area contributed by atoms with E-state index >= 15 is 0 Å². The summed E-state index contributed by atoms with van der Waals surface area (Å²) in [7, 11) is 0. The number of hydrogen-bond donors (Lipinski definition) is 1. The molecule has 0 aromatic heterocycles. The fourth-order valence-corrected chi connectivity index (χ4v) is 2.42. The highest BCUT2D eigenvalue weighted by atomic mass is 14.9. The molecule has 100 valence electrons. The van der Waals surface area contributed by atoms with Gasteiger partial charge in [0.25, 0.3) is 0 Å². The lowest BCUT2D eigenvalue weighted by Crippen LogP contribution is -2.23. The topological polar surface area (TPSA) is 12.0 Å². The van der Waals surface area contributed by atoms with Gasteiger partial charge < -0.3 is 5.32 Å². The lowest BCUT2D eigenvalue weighted by molar-refractivity contribution is 0.598. The van der Waals surface area contributed by atoms with Crippen molar-refractivity contribution in [2.24, 2.45) is 0 Å². The summed E-state index contributed by atoms with van der Waals surface area (Å²) < 4.78 is 0. The summed E-state index contributed by atoms with van der Waals surface area (Å²) in [6.07, 6.45) is 1.15. The first-order valence-corrected chi connectivity index (χ1v) is 7.07. The van der Waals surface area contributed by atoms with E-state index in [0.29, 0.717) is 6.04 Å². The molecule has 0 aliphatic heterocycles. The molecule has 0 aliphatic rings. The zero-order chi connectivity index (χ0) is 13.7. The zero-order valence-electron chi connectivity index (χ0n) is 12.1. The van der Waals surface area contributed by atoms with Crippen molar-refractivity contribution < 1.29 is 0 Å². The van der Waals surface area contributed by atoms with Crippen LogP contribution in [0.2, 0.25) is 0 Å². The van der Waals surface area contributed by atoms with Crippen LogP contribution in [0.1, 0.15) is 41.6 Å². The lowest BCUT2D eigenvalue weighted by Gasteiger charge is -2.20. The maximum absolute atomic E-state index is 3.66. The average Bonchev–Trinajstić information content (AvgIpc) is 2.39. The van der Waals surface area contributed by atoms with Crippen LogP contribution in [0.5, 0.6) is 0 Å². The third-order valence-corrected chi connectivity index (χ3v) is 3.35. The molecule has 2 rings (SSSR count). The molecule has 0 atom stereocenters. The Hall–Kier alpha value is -1.60. The predicted octanol–water partition coefficient (Wildman–Crippen LogP) is 4.39. The van der Waals surface area contributed by atoms with Crippen LogP contribution in [0.25, 0.3) is 0 Å². The molecular formula is C18H23N. The van der Waals surface area contributed by atoms with Crippen molar-refractivity contribution in [3.05, 3.63) is 70.8 Å². The summed E-state index contributed by atoms with van der Waals surface area (Å²) in [5, 5.41) is 3.66. The molecule has 19 heavy (non-hydrogen) atoms. The lowest BCUT2D eigenvalue weighted by atomic mass is 9.96. The van der Waals surface area contributed by atoms with E-state index in [9.17, 15) is 0 Å². The maximum atomic E-state index is 3.66. The smallest absolute Gasteiger partial charge is 0.0576 e. The second-order valence-electron chi connectivity index (χ2n) is 5.22. The highest BCUT2D eigenvalue weighted by Crippen LogP contribution is 2.23. The van der Waals surface area contributed by atoms with Gasteiger partial charge in [-0.1, -0.05) is 66.6 Å². The van der Waals surface area contributed by atoms with E-state index < -0.39 is 0 Å². The van der Waals surface area contributed by atoms with Crippen molar-refractivity contribution in [3.8, 4) is 0 Å². The molecule has 0 unspecified atom stereocenters. The molecule has 0 saturated carbocycles. The Bertz CT molecular complexity index is 485. The quantitative estimate of drug-likeness (QED) is 0.833. The van der Waals surface area contributed by atoms with Crippen LogP contribution in [0.3, 0.4) is 0 Å². The summed E-state index contributed by atoms with van der Waals surface area (Å²) in [5.74, 6) is 0. The minimum Gasteiger partial charge on any atom is -0.306 e. The van der Waals surface area contributed by atoms with Crippen molar-refractivity contribution in [1.82, 2.24) is 5.32 Å². The first-order chi connectivity index (χ1) is 9.20. The van der Waals surface area contributed by atoms with E-state index in [1.54, 1.807) is 0 Å². The Morgan fingerprint density at radius 3 is 1.84 bits per heavy atom. The Balaban J connectivity index is 2.35. The molecule has 0 spiro atoms. The van der Waals surface area contributed by atoms with E-state index in [1.165, 1.54) is 22.3 Å². The molecule has 0 fully saturated rings. The second-order valence-corrected chi connectivity index (χ2v) is 5.22. The van der Waals surface area contributed by atoms with Gasteiger partial charge in [0.05, 0.1) is 6.04 Å². The van der Waals surface area contributed by atoms with E-state index in [1.807, 2.05) is 0 Å². The van der Waals surface area contributed by atoms with Crippen molar-refractivity contribution >= 4 is 0 Å². The van der Waals surface area contributed by atoms with Gasteiger partial charge in [-0.15, -0.1) is 0 Å². The SMILES string of the molecule is CCCNC(c1cccc(C)c1)c1cccc(C)c1. The van der Waals surface area contributed by atoms with E-state index in [-0.39, 0.29) is 0 Å². The highest BCUT2D eigenvalue weighted by molar-refractivity contribution is 5.35. The number of aryl methyl sites for hydroxylation is 2. The number of nitrogens with one attached hydrogen (secondary N) is 1. The van der Waals surface area contributed by atoms with Gasteiger partial charge in [0.1, 0.15) is 0 Å². The third kappa shape index (κ3) is 3.68. The Kier molecular flexibility index (Phi) is 4.75. The van der Waals surface area contributed by atoms with Crippen LogP contribution in [0.15, 0.2) is 48.5 Å². The summed E-state index contributed by atoms with van der Waals surface area (Å²) >= 11 is 0. The van der Waals surface area contributed by atoms with Gasteiger partial charge in [-0.3, -0.25) is 0 Å². The van der Waals surface area contributed by atoms with Gasteiger partial charge in [-0.05, 0) is 37.9 Å². The van der Waals surface area contributed by atoms with Crippen LogP contribution >= 0.6 is 0 Å². The highest BCUT2D eigenvalue weighted by Gasteiger charge is 2.13. The molecule has 0 amide bonds. The largest absolute Gasteiger partial charge is 0.306 e. The molecule has 0 bridgehead atoms. The van der Waals surface area contributed by atoms with Gasteiger partial charge in [0.2, 0.25) is 0 Å². The van der Waals surface area contributed by atoms with Gasteiger partial charge >= 0.3 is 0 Å². The molecule has 0 heterocycles. The fraction of sp³-hybridized carbons (Fsp3) is 0.333. The minimum absolute atomic E-state index is 0.291. The molecule has 1 nitrogen and oxygen atoms in total. The first-order valence-electron chi connectivity index (χ1n) is 7.07. The van der Waals surface area contributed by atoms with Crippen molar-refractivity contribution in [2.75, 3.05) is 6.54 Å². The van der Waals surface area contributed by atoms with Crippen molar-refractivity contribution in [3.63, 3.8) is 0 Å². The number of hydrogen-bond acceptors (Lipinski definition) is 1. The van der Waals surface area contributed by atoms with Crippen LogP contribution in [0.4, 0.5) is 0 Å². The Morgan fingerprint density at radius 1 is 0.895 bits per heavy atom. The second kappa shape index (κ2) is 6.53. The van der Waals surface area contributed by atoms with Crippen molar-refractivity contribution in [2.45, 2.75) is 33.2 Å². The molecule has 0 saturated heterocycles. The standard InChI is InChI=1S/C18H23N/c1-4-11-19-18(16-9-5-7-14(2)12-16)17-10-6-8-15(3)13-17/h5-10,12-13,18-19H,4,11H2,1-3H3. The average molecular weight is 253 g/mol. The van der Waals surface area contributed by atoms with E-state index in [4.69, 9.17) is 0 Å². The van der Waals surface area contributed by atoms with Crippen LogP contribution in [-0.2, 0) is 0 Å². The van der Waals surface area contributed by atoms with E-state index in [2.05, 4.69) is 74.6 Å². The Labute approximate surface area is 116 Å². The molecule has 1 N–H and O–H groups in total. The molecule has 1 heteroatoms. The summed E-state index contributed by atoms with van der Waals surface area (Å²) in [6, 6.07) is 17.8. The third-order valence-electron chi connectivity index (χ3n) is 3.35. The molecular weight excluding hydrogens is 230 g/mol. The monoisotopic (exact) mass is 253 g/mol. The number of rotatable bonds is 5. The summed E-state index contributed by atoms with van der Waals surface area (Å²) in [4.78, 5) is 0. The number of benzene rings is 2. The molecule has 2 aromatic carbocycles. The minimum atomic E-state index is 0.291. The van der Waals surface area contributed by atoms with Crippen LogP contribution in [-0.4, -0.2) is 6.54 Å². The molecule has 0 aliphatic carbocycles. The van der Waals surface area contributed by atoms with Crippen LogP contribution in [0, 0.1) is 13.8 Å². The normalized spacial score (nSPS) is 10.9. The van der Waals surface area contributed by atoms with Crippen molar-refractivity contribution in [1.29, 1.82) is 0 Å². The Morgan fingerprint density at radius 2 is 1.42 bits per heavy atom. The van der Waals surface area contributed by atoms with Gasteiger partial charge in [-0.2, -0.15) is 0 Å². The fourth-order valence-electron chi connectivity index (χ4n) is 2.42. The first kappa shape index (κ1) is 13.8. The van der Waals surface area contributed by atoms with Gasteiger partial charge in [-0.25, -0.2) is 0 Å². The summed E-state index contributed by atoms with van der Waals surface area (Å²) in [6.45, 7) is 7.54. The van der Waals surface area contributed by atoms with Gasteiger partial charge in [0, 0.05) is 0 Å². The zero-order valence-corrected chi connectivity index (χ0v) is 12.1.